The first kappa shape index (κ1) is 15.1. The molecule has 1 heterocycles. The van der Waals surface area contributed by atoms with Gasteiger partial charge in [-0.05, 0) is 18.2 Å². The third kappa shape index (κ3) is 3.41. The predicted octanol–water partition coefficient (Wildman–Crippen LogP) is 2.03. The number of nitrogens with one attached hydrogen (secondary N) is 1. The number of aromatic nitrogens is 2. The van der Waals surface area contributed by atoms with Gasteiger partial charge in [-0.2, -0.15) is 5.10 Å². The van der Waals surface area contributed by atoms with E-state index in [2.05, 4.69) is 10.4 Å². The zero-order valence-corrected chi connectivity index (χ0v) is 12.7. The molecule has 21 heavy (non-hydrogen) atoms. The molecule has 0 bridgehead atoms. The maximum Gasteiger partial charge on any atom is 0.258 e. The highest BCUT2D eigenvalue weighted by Gasteiger charge is 2.15. The molecule has 6 nitrogen and oxygen atoms in total. The summed E-state index contributed by atoms with van der Waals surface area (Å²) in [5.74, 6) is -0.522. The van der Waals surface area contributed by atoms with E-state index < -0.39 is 0 Å². The summed E-state index contributed by atoms with van der Waals surface area (Å²) in [6.07, 6.45) is 3.08. The van der Waals surface area contributed by atoms with Crippen LogP contribution in [0.1, 0.15) is 20.7 Å². The smallest absolute Gasteiger partial charge is 0.258 e. The number of carbonyl (C=O) groups is 2. The summed E-state index contributed by atoms with van der Waals surface area (Å²) >= 11 is 6.02. The normalized spacial score (nSPS) is 10.3. The molecule has 0 saturated heterocycles. The standard InChI is InChI=1S/C14H15ClN4O2/c1-18(2)14(21)11-6-10(4-5-12(11)15)17-13(20)9-7-16-19(3)8-9/h4-8H,1-3H3,(H,17,20). The molecule has 1 aromatic carbocycles. The Kier molecular flexibility index (Phi) is 4.28. The fourth-order valence-electron chi connectivity index (χ4n) is 1.75. The van der Waals surface area contributed by atoms with Gasteiger partial charge in [-0.1, -0.05) is 11.6 Å². The first-order valence-electron chi connectivity index (χ1n) is 6.19. The molecule has 1 aromatic heterocycles. The Morgan fingerprint density at radius 2 is 2.05 bits per heavy atom. The van der Waals surface area contributed by atoms with Gasteiger partial charge in [-0.3, -0.25) is 14.3 Å². The van der Waals surface area contributed by atoms with E-state index in [-0.39, 0.29) is 11.8 Å². The van der Waals surface area contributed by atoms with Gasteiger partial charge >= 0.3 is 0 Å². The second kappa shape index (κ2) is 5.97. The number of hydrogen-bond donors (Lipinski definition) is 1. The molecule has 1 N–H and O–H groups in total. The monoisotopic (exact) mass is 306 g/mol. The summed E-state index contributed by atoms with van der Waals surface area (Å²) in [7, 11) is 5.01. The van der Waals surface area contributed by atoms with Crippen molar-refractivity contribution < 1.29 is 9.59 Å². The Hall–Kier alpha value is -2.34. The second-order valence-corrected chi connectivity index (χ2v) is 5.16. The van der Waals surface area contributed by atoms with Gasteiger partial charge in [0.2, 0.25) is 0 Å². The molecule has 0 aliphatic carbocycles. The molecule has 7 heteroatoms. The Balaban J connectivity index is 2.23. The summed E-state index contributed by atoms with van der Waals surface area (Å²) in [6.45, 7) is 0. The molecule has 2 aromatic rings. The zero-order chi connectivity index (χ0) is 15.6. The van der Waals surface area contributed by atoms with Gasteiger partial charge in [0.25, 0.3) is 11.8 Å². The van der Waals surface area contributed by atoms with Crippen LogP contribution in [-0.2, 0) is 7.05 Å². The van der Waals surface area contributed by atoms with Gasteiger partial charge in [0.05, 0.1) is 22.3 Å². The van der Waals surface area contributed by atoms with Crippen molar-refractivity contribution in [2.24, 2.45) is 7.05 Å². The molecule has 0 atom stereocenters. The minimum absolute atomic E-state index is 0.225. The largest absolute Gasteiger partial charge is 0.345 e. The van der Waals surface area contributed by atoms with E-state index in [9.17, 15) is 9.59 Å². The van der Waals surface area contributed by atoms with Crippen LogP contribution in [0.5, 0.6) is 0 Å². The van der Waals surface area contributed by atoms with E-state index in [4.69, 9.17) is 11.6 Å². The lowest BCUT2D eigenvalue weighted by Crippen LogP contribution is -2.22. The molecule has 0 radical (unpaired) electrons. The summed E-state index contributed by atoms with van der Waals surface area (Å²) in [5, 5.41) is 6.99. The fraction of sp³-hybridized carbons (Fsp3) is 0.214. The van der Waals surface area contributed by atoms with Crippen molar-refractivity contribution in [1.29, 1.82) is 0 Å². The number of amides is 2. The Morgan fingerprint density at radius 1 is 1.33 bits per heavy atom. The number of nitrogens with zero attached hydrogens (tertiary/aromatic N) is 3. The second-order valence-electron chi connectivity index (χ2n) is 4.75. The maximum absolute atomic E-state index is 12.0. The topological polar surface area (TPSA) is 67.2 Å². The molecule has 0 aliphatic heterocycles. The number of hydrogen-bond acceptors (Lipinski definition) is 3. The average Bonchev–Trinajstić information content (AvgIpc) is 2.86. The highest BCUT2D eigenvalue weighted by Crippen LogP contribution is 2.22. The molecule has 2 rings (SSSR count). The van der Waals surface area contributed by atoms with E-state index in [1.54, 1.807) is 45.5 Å². The lowest BCUT2D eigenvalue weighted by Gasteiger charge is -2.13. The van der Waals surface area contributed by atoms with Crippen LogP contribution in [0.25, 0.3) is 0 Å². The third-order valence-electron chi connectivity index (χ3n) is 2.83. The van der Waals surface area contributed by atoms with Crippen LogP contribution >= 0.6 is 11.6 Å². The molecule has 0 unspecified atom stereocenters. The molecule has 110 valence electrons. The molecule has 0 aliphatic rings. The highest BCUT2D eigenvalue weighted by atomic mass is 35.5. The van der Waals surface area contributed by atoms with Crippen LogP contribution in [-0.4, -0.2) is 40.6 Å². The van der Waals surface area contributed by atoms with Gasteiger partial charge < -0.3 is 10.2 Å². The maximum atomic E-state index is 12.0. The first-order chi connectivity index (χ1) is 9.88. The summed E-state index contributed by atoms with van der Waals surface area (Å²) in [5.41, 5.74) is 1.28. The number of aryl methyl sites for hydroxylation is 1. The third-order valence-corrected chi connectivity index (χ3v) is 3.16. The summed E-state index contributed by atoms with van der Waals surface area (Å²) < 4.78 is 1.54. The quantitative estimate of drug-likeness (QED) is 0.943. The predicted molar refractivity (Wildman–Crippen MR) is 80.6 cm³/mol. The van der Waals surface area contributed by atoms with E-state index >= 15 is 0 Å². The van der Waals surface area contributed by atoms with Crippen LogP contribution in [0.15, 0.2) is 30.6 Å². The molecule has 0 saturated carbocycles. The minimum Gasteiger partial charge on any atom is -0.345 e. The van der Waals surface area contributed by atoms with Crippen molar-refractivity contribution in [3.05, 3.63) is 46.7 Å². The molecular formula is C14H15ClN4O2. The number of rotatable bonds is 3. The highest BCUT2D eigenvalue weighted by molar-refractivity contribution is 6.34. The van der Waals surface area contributed by atoms with Crippen LogP contribution < -0.4 is 5.32 Å². The van der Waals surface area contributed by atoms with Crippen molar-refractivity contribution >= 4 is 29.1 Å². The van der Waals surface area contributed by atoms with Crippen LogP contribution in [0.4, 0.5) is 5.69 Å². The average molecular weight is 307 g/mol. The number of benzene rings is 1. The van der Waals surface area contributed by atoms with Gasteiger partial charge in [0.1, 0.15) is 0 Å². The Labute approximate surface area is 127 Å². The number of carbonyl (C=O) groups excluding carboxylic acids is 2. The van der Waals surface area contributed by atoms with Crippen LogP contribution in [0.2, 0.25) is 5.02 Å². The van der Waals surface area contributed by atoms with Gasteiger partial charge in [-0.15, -0.1) is 0 Å². The lowest BCUT2D eigenvalue weighted by atomic mass is 10.1. The van der Waals surface area contributed by atoms with Crippen LogP contribution in [0.3, 0.4) is 0 Å². The van der Waals surface area contributed by atoms with E-state index in [0.717, 1.165) is 0 Å². The molecule has 0 fully saturated rings. The molecular weight excluding hydrogens is 292 g/mol. The summed E-state index contributed by atoms with van der Waals surface area (Å²) in [4.78, 5) is 25.5. The zero-order valence-electron chi connectivity index (χ0n) is 11.9. The SMILES string of the molecule is CN(C)C(=O)c1cc(NC(=O)c2cnn(C)c2)ccc1Cl. The molecule has 0 spiro atoms. The van der Waals surface area contributed by atoms with Crippen molar-refractivity contribution in [2.75, 3.05) is 19.4 Å². The van der Waals surface area contributed by atoms with E-state index in [0.29, 0.717) is 21.8 Å². The Morgan fingerprint density at radius 3 is 2.62 bits per heavy atom. The van der Waals surface area contributed by atoms with E-state index in [1.165, 1.54) is 15.8 Å². The van der Waals surface area contributed by atoms with Gasteiger partial charge in [0, 0.05) is 33.0 Å². The Bertz CT molecular complexity index is 694. The minimum atomic E-state index is -0.298. The van der Waals surface area contributed by atoms with Gasteiger partial charge in [-0.25, -0.2) is 0 Å². The number of anilines is 1. The molecule has 2 amide bonds. The lowest BCUT2D eigenvalue weighted by molar-refractivity contribution is 0.0827. The van der Waals surface area contributed by atoms with Gasteiger partial charge in [0.15, 0.2) is 0 Å². The van der Waals surface area contributed by atoms with Crippen molar-refractivity contribution in [1.82, 2.24) is 14.7 Å². The van der Waals surface area contributed by atoms with E-state index in [1.807, 2.05) is 0 Å². The first-order valence-corrected chi connectivity index (χ1v) is 6.57. The summed E-state index contributed by atoms with van der Waals surface area (Å²) in [6, 6.07) is 4.78. The van der Waals surface area contributed by atoms with Crippen LogP contribution in [0, 0.1) is 0 Å². The van der Waals surface area contributed by atoms with Crippen molar-refractivity contribution in [3.63, 3.8) is 0 Å². The fourth-order valence-corrected chi connectivity index (χ4v) is 1.95. The number of halogens is 1. The van der Waals surface area contributed by atoms with Crippen molar-refractivity contribution in [3.8, 4) is 0 Å². The van der Waals surface area contributed by atoms with Crippen molar-refractivity contribution in [2.45, 2.75) is 0 Å².